The van der Waals surface area contributed by atoms with Gasteiger partial charge in [-0.2, -0.15) is 4.31 Å². The highest BCUT2D eigenvalue weighted by Gasteiger charge is 2.29. The number of rotatable bonds is 6. The van der Waals surface area contributed by atoms with Gasteiger partial charge in [-0.25, -0.2) is 13.2 Å². The quantitative estimate of drug-likeness (QED) is 0.782. The lowest BCUT2D eigenvalue weighted by Crippen LogP contribution is -2.53. The van der Waals surface area contributed by atoms with Crippen LogP contribution in [0.15, 0.2) is 53.4 Å². The van der Waals surface area contributed by atoms with Gasteiger partial charge in [0.05, 0.1) is 12.0 Å². The minimum atomic E-state index is -3.52. The van der Waals surface area contributed by atoms with Crippen LogP contribution in [0, 0.1) is 6.92 Å². The third-order valence-corrected chi connectivity index (χ3v) is 6.95. The van der Waals surface area contributed by atoms with E-state index in [4.69, 9.17) is 4.74 Å². The van der Waals surface area contributed by atoms with Crippen LogP contribution in [0.4, 0.5) is 4.79 Å². The Morgan fingerprint density at radius 2 is 1.62 bits per heavy atom. The van der Waals surface area contributed by atoms with Gasteiger partial charge in [-0.1, -0.05) is 29.8 Å². The van der Waals surface area contributed by atoms with Crippen molar-refractivity contribution in [2.24, 2.45) is 0 Å². The number of nitrogens with zero attached hydrogens (tertiary/aromatic N) is 2. The van der Waals surface area contributed by atoms with Gasteiger partial charge in [0.2, 0.25) is 10.0 Å². The van der Waals surface area contributed by atoms with Gasteiger partial charge in [0.15, 0.2) is 0 Å². The number of carbonyl (C=O) groups excluding carboxylic acids is 1. The van der Waals surface area contributed by atoms with Gasteiger partial charge in [-0.3, -0.25) is 0 Å². The summed E-state index contributed by atoms with van der Waals surface area (Å²) in [5.74, 6) is 0.802. The third kappa shape index (κ3) is 5.27. The molecule has 0 saturated carbocycles. The highest BCUT2D eigenvalue weighted by molar-refractivity contribution is 7.89. The van der Waals surface area contributed by atoms with Gasteiger partial charge < -0.3 is 15.0 Å². The zero-order chi connectivity index (χ0) is 20.9. The number of hydrogen-bond acceptors (Lipinski definition) is 4. The van der Waals surface area contributed by atoms with Crippen LogP contribution in [-0.2, 0) is 16.4 Å². The molecule has 29 heavy (non-hydrogen) atoms. The number of methoxy groups -OCH3 is 1. The van der Waals surface area contributed by atoms with Crippen molar-refractivity contribution in [3.63, 3.8) is 0 Å². The SMILES string of the molecule is COc1ccc(CCNC(=O)N2CCN(S(=O)(=O)c3ccc(C)cc3)CC2)cc1. The summed E-state index contributed by atoms with van der Waals surface area (Å²) < 4.78 is 32.1. The minimum absolute atomic E-state index is 0.161. The normalized spacial score (nSPS) is 15.2. The molecule has 0 aromatic heterocycles. The number of ether oxygens (including phenoxy) is 1. The summed E-state index contributed by atoms with van der Waals surface area (Å²) in [7, 11) is -1.90. The van der Waals surface area contributed by atoms with Crippen molar-refractivity contribution in [3.05, 3.63) is 59.7 Å². The second kappa shape index (κ2) is 9.28. The summed E-state index contributed by atoms with van der Waals surface area (Å²) in [5, 5.41) is 2.91. The average Bonchev–Trinajstić information content (AvgIpc) is 2.74. The maximum absolute atomic E-state index is 12.7. The number of urea groups is 1. The summed E-state index contributed by atoms with van der Waals surface area (Å²) in [6.45, 7) is 3.78. The first-order chi connectivity index (χ1) is 13.9. The second-order valence-corrected chi connectivity index (χ2v) is 8.97. The van der Waals surface area contributed by atoms with E-state index in [0.717, 1.165) is 23.3 Å². The maximum atomic E-state index is 12.7. The zero-order valence-electron chi connectivity index (χ0n) is 16.8. The summed E-state index contributed by atoms with van der Waals surface area (Å²) in [4.78, 5) is 14.3. The van der Waals surface area contributed by atoms with E-state index < -0.39 is 10.0 Å². The van der Waals surface area contributed by atoms with E-state index >= 15 is 0 Å². The molecular weight excluding hydrogens is 390 g/mol. The van der Waals surface area contributed by atoms with E-state index in [1.807, 2.05) is 31.2 Å². The molecule has 0 radical (unpaired) electrons. The molecule has 2 aromatic rings. The maximum Gasteiger partial charge on any atom is 0.317 e. The number of piperazine rings is 1. The number of nitrogens with one attached hydrogen (secondary N) is 1. The number of sulfonamides is 1. The van der Waals surface area contributed by atoms with E-state index in [1.165, 1.54) is 4.31 Å². The van der Waals surface area contributed by atoms with Gasteiger partial charge in [0, 0.05) is 32.7 Å². The molecule has 2 aromatic carbocycles. The molecule has 1 aliphatic rings. The Hall–Kier alpha value is -2.58. The Bertz CT molecular complexity index is 919. The highest BCUT2D eigenvalue weighted by Crippen LogP contribution is 2.18. The molecule has 1 aliphatic heterocycles. The average molecular weight is 418 g/mol. The first-order valence-corrected chi connectivity index (χ1v) is 11.1. The van der Waals surface area contributed by atoms with Crippen molar-refractivity contribution >= 4 is 16.1 Å². The van der Waals surface area contributed by atoms with E-state index in [1.54, 1.807) is 36.3 Å². The molecule has 1 N–H and O–H groups in total. The van der Waals surface area contributed by atoms with E-state index in [0.29, 0.717) is 37.6 Å². The Kier molecular flexibility index (Phi) is 6.76. The van der Waals surface area contributed by atoms with Gasteiger partial charge >= 0.3 is 6.03 Å². The second-order valence-electron chi connectivity index (χ2n) is 7.03. The molecule has 0 unspecified atom stereocenters. The lowest BCUT2D eigenvalue weighted by Gasteiger charge is -2.34. The molecule has 3 rings (SSSR count). The van der Waals surface area contributed by atoms with Crippen LogP contribution in [0.3, 0.4) is 0 Å². The number of carbonyl (C=O) groups is 1. The van der Waals surface area contributed by atoms with Crippen LogP contribution in [0.2, 0.25) is 0 Å². The van der Waals surface area contributed by atoms with Crippen molar-refractivity contribution < 1.29 is 17.9 Å². The monoisotopic (exact) mass is 417 g/mol. The van der Waals surface area contributed by atoms with Crippen molar-refractivity contribution in [2.75, 3.05) is 39.8 Å². The fraction of sp³-hybridized carbons (Fsp3) is 0.381. The third-order valence-electron chi connectivity index (χ3n) is 5.03. The van der Waals surface area contributed by atoms with Crippen LogP contribution >= 0.6 is 0 Å². The molecule has 1 fully saturated rings. The van der Waals surface area contributed by atoms with E-state index in [9.17, 15) is 13.2 Å². The number of amides is 2. The lowest BCUT2D eigenvalue weighted by atomic mass is 10.1. The first-order valence-electron chi connectivity index (χ1n) is 9.62. The zero-order valence-corrected chi connectivity index (χ0v) is 17.6. The molecule has 2 amide bonds. The minimum Gasteiger partial charge on any atom is -0.497 e. The van der Waals surface area contributed by atoms with Crippen molar-refractivity contribution in [1.82, 2.24) is 14.5 Å². The molecule has 7 nitrogen and oxygen atoms in total. The molecule has 0 bridgehead atoms. The van der Waals surface area contributed by atoms with Crippen LogP contribution in [0.25, 0.3) is 0 Å². The summed E-state index contributed by atoms with van der Waals surface area (Å²) in [5.41, 5.74) is 2.13. The topological polar surface area (TPSA) is 79.0 Å². The number of hydrogen-bond donors (Lipinski definition) is 1. The van der Waals surface area contributed by atoms with Crippen LogP contribution < -0.4 is 10.1 Å². The van der Waals surface area contributed by atoms with E-state index in [2.05, 4.69) is 5.32 Å². The van der Waals surface area contributed by atoms with Crippen molar-refractivity contribution in [2.45, 2.75) is 18.2 Å². The van der Waals surface area contributed by atoms with Crippen molar-refractivity contribution in [1.29, 1.82) is 0 Å². The summed E-state index contributed by atoms with van der Waals surface area (Å²) in [6, 6.07) is 14.4. The molecule has 0 spiro atoms. The van der Waals surface area contributed by atoms with Crippen LogP contribution in [0.1, 0.15) is 11.1 Å². The number of benzene rings is 2. The van der Waals surface area contributed by atoms with Crippen molar-refractivity contribution in [3.8, 4) is 5.75 Å². The molecule has 0 aliphatic carbocycles. The predicted molar refractivity (Wildman–Crippen MR) is 112 cm³/mol. The summed E-state index contributed by atoms with van der Waals surface area (Å²) in [6.07, 6.45) is 0.720. The molecule has 156 valence electrons. The van der Waals surface area contributed by atoms with Gasteiger partial charge in [0.1, 0.15) is 5.75 Å². The number of aryl methyl sites for hydroxylation is 1. The smallest absolute Gasteiger partial charge is 0.317 e. The fourth-order valence-electron chi connectivity index (χ4n) is 3.21. The Morgan fingerprint density at radius 3 is 2.21 bits per heavy atom. The van der Waals surface area contributed by atoms with Gasteiger partial charge in [-0.05, 0) is 43.2 Å². The molecule has 1 saturated heterocycles. The molecule has 1 heterocycles. The predicted octanol–water partition coefficient (Wildman–Crippen LogP) is 2.26. The van der Waals surface area contributed by atoms with Crippen LogP contribution in [-0.4, -0.2) is 63.5 Å². The largest absolute Gasteiger partial charge is 0.497 e. The summed E-state index contributed by atoms with van der Waals surface area (Å²) >= 11 is 0. The lowest BCUT2D eigenvalue weighted by molar-refractivity contribution is 0.172. The van der Waals surface area contributed by atoms with Gasteiger partial charge in [-0.15, -0.1) is 0 Å². The Morgan fingerprint density at radius 1 is 1.00 bits per heavy atom. The Balaban J connectivity index is 1.47. The highest BCUT2D eigenvalue weighted by atomic mass is 32.2. The standard InChI is InChI=1S/C21H27N3O4S/c1-17-3-9-20(10-4-17)29(26,27)24-15-13-23(14-16-24)21(25)22-12-11-18-5-7-19(28-2)8-6-18/h3-10H,11-16H2,1-2H3,(H,22,25). The molecule has 8 heteroatoms. The molecular formula is C21H27N3O4S. The fourth-order valence-corrected chi connectivity index (χ4v) is 4.63. The first kappa shape index (κ1) is 21.1. The van der Waals surface area contributed by atoms with E-state index in [-0.39, 0.29) is 6.03 Å². The molecule has 0 atom stereocenters. The van der Waals surface area contributed by atoms with Gasteiger partial charge in [0.25, 0.3) is 0 Å². The van der Waals surface area contributed by atoms with Crippen LogP contribution in [0.5, 0.6) is 5.75 Å². The Labute approximate surface area is 172 Å².